The summed E-state index contributed by atoms with van der Waals surface area (Å²) in [6.07, 6.45) is 2.30. The summed E-state index contributed by atoms with van der Waals surface area (Å²) in [5, 5.41) is 15.9. The first-order valence-electron chi connectivity index (χ1n) is 8.87. The molecular formula is C20H25N3O4. The fourth-order valence-corrected chi connectivity index (χ4v) is 3.49. The molecular weight excluding hydrogens is 346 g/mol. The number of hydrogen-bond donors (Lipinski definition) is 3. The average molecular weight is 371 g/mol. The molecule has 0 radical (unpaired) electrons. The van der Waals surface area contributed by atoms with E-state index in [0.29, 0.717) is 17.9 Å². The van der Waals surface area contributed by atoms with Gasteiger partial charge in [-0.25, -0.2) is 0 Å². The minimum absolute atomic E-state index is 0.187. The Kier molecular flexibility index (Phi) is 4.97. The highest BCUT2D eigenvalue weighted by atomic mass is 16.5. The molecule has 2 amide bonds. The molecule has 1 aromatic carbocycles. The van der Waals surface area contributed by atoms with E-state index < -0.39 is 17.0 Å². The predicted octanol–water partition coefficient (Wildman–Crippen LogP) is 1.21. The second-order valence-electron chi connectivity index (χ2n) is 7.13. The van der Waals surface area contributed by atoms with Gasteiger partial charge in [-0.05, 0) is 38.0 Å². The van der Waals surface area contributed by atoms with Crippen molar-refractivity contribution in [2.24, 2.45) is 7.05 Å². The van der Waals surface area contributed by atoms with Crippen LogP contribution in [0.15, 0.2) is 42.6 Å². The molecule has 1 aliphatic heterocycles. The van der Waals surface area contributed by atoms with Gasteiger partial charge in [-0.2, -0.15) is 0 Å². The molecule has 2 atom stereocenters. The van der Waals surface area contributed by atoms with E-state index >= 15 is 0 Å². The maximum Gasteiger partial charge on any atom is 0.252 e. The van der Waals surface area contributed by atoms with E-state index in [1.807, 2.05) is 54.2 Å². The van der Waals surface area contributed by atoms with Gasteiger partial charge in [0.15, 0.2) is 5.54 Å². The highest BCUT2D eigenvalue weighted by Crippen LogP contribution is 2.35. The van der Waals surface area contributed by atoms with Gasteiger partial charge in [0.05, 0.1) is 12.8 Å². The molecule has 27 heavy (non-hydrogen) atoms. The van der Waals surface area contributed by atoms with E-state index in [1.54, 1.807) is 7.11 Å². The van der Waals surface area contributed by atoms with Crippen LogP contribution in [-0.2, 0) is 28.7 Å². The van der Waals surface area contributed by atoms with Crippen LogP contribution in [-0.4, -0.2) is 34.2 Å². The van der Waals surface area contributed by atoms with Gasteiger partial charge in [0.2, 0.25) is 0 Å². The molecule has 0 bridgehead atoms. The van der Waals surface area contributed by atoms with Crippen molar-refractivity contribution in [3.05, 3.63) is 53.9 Å². The lowest BCUT2D eigenvalue weighted by Crippen LogP contribution is -2.65. The van der Waals surface area contributed by atoms with E-state index in [9.17, 15) is 14.7 Å². The van der Waals surface area contributed by atoms with Gasteiger partial charge in [-0.15, -0.1) is 0 Å². The highest BCUT2D eigenvalue weighted by molar-refractivity contribution is 5.96. The quantitative estimate of drug-likeness (QED) is 0.737. The molecule has 0 spiro atoms. The van der Waals surface area contributed by atoms with Crippen LogP contribution < -0.4 is 15.4 Å². The molecule has 144 valence electrons. The number of hydrogen-bond acceptors (Lipinski definition) is 4. The number of aryl methyl sites for hydroxylation is 1. The molecule has 7 heteroatoms. The van der Waals surface area contributed by atoms with Crippen LogP contribution in [0.4, 0.5) is 0 Å². The van der Waals surface area contributed by atoms with Crippen molar-refractivity contribution in [1.29, 1.82) is 0 Å². The summed E-state index contributed by atoms with van der Waals surface area (Å²) in [5.74, 6) is -0.192. The summed E-state index contributed by atoms with van der Waals surface area (Å²) < 4.78 is 7.13. The first-order valence-corrected chi connectivity index (χ1v) is 8.87. The van der Waals surface area contributed by atoms with E-state index in [4.69, 9.17) is 4.74 Å². The average Bonchev–Trinajstić information content (AvgIpc) is 3.09. The van der Waals surface area contributed by atoms with Gasteiger partial charge in [-0.1, -0.05) is 18.2 Å². The topological polar surface area (TPSA) is 92.6 Å². The number of amides is 2. The summed E-state index contributed by atoms with van der Waals surface area (Å²) in [6, 6.07) is 11.1. The van der Waals surface area contributed by atoms with Gasteiger partial charge in [0, 0.05) is 25.4 Å². The van der Waals surface area contributed by atoms with Crippen LogP contribution in [0.5, 0.6) is 5.75 Å². The van der Waals surface area contributed by atoms with Crippen LogP contribution >= 0.6 is 0 Å². The summed E-state index contributed by atoms with van der Waals surface area (Å²) in [5.41, 5.74) is -1.22. The standard InChI is InChI=1S/C20H25N3O4/c1-19(26)10-11-20(22-17(19)24,16-9-6-12-23(16)2)18(25)21-13-14-7-4-5-8-15(14)27-3/h4-9,12,26H,10-11,13H2,1-3H3,(H,21,25)(H,22,24)/t19-,20+/m0/s1. The normalized spacial score (nSPS) is 25.0. The Morgan fingerprint density at radius 1 is 1.30 bits per heavy atom. The SMILES string of the molecule is COc1ccccc1CNC(=O)[C@]1(c2cccn2C)CC[C@](C)(O)C(=O)N1. The molecule has 0 saturated carbocycles. The molecule has 1 aliphatic rings. The number of nitrogens with zero attached hydrogens (tertiary/aromatic N) is 1. The van der Waals surface area contributed by atoms with Crippen LogP contribution in [0.25, 0.3) is 0 Å². The third-order valence-electron chi connectivity index (χ3n) is 5.20. The number of aliphatic hydroxyl groups is 1. The minimum atomic E-state index is -1.49. The molecule has 3 rings (SSSR count). The second-order valence-corrected chi connectivity index (χ2v) is 7.13. The Balaban J connectivity index is 1.89. The molecule has 0 unspecified atom stereocenters. The van der Waals surface area contributed by atoms with Crippen molar-refractivity contribution >= 4 is 11.8 Å². The van der Waals surface area contributed by atoms with Crippen LogP contribution in [0, 0.1) is 0 Å². The molecule has 2 heterocycles. The summed E-state index contributed by atoms with van der Waals surface area (Å²) in [6.45, 7) is 1.73. The lowest BCUT2D eigenvalue weighted by molar-refractivity contribution is -0.151. The fourth-order valence-electron chi connectivity index (χ4n) is 3.49. The number of methoxy groups -OCH3 is 1. The smallest absolute Gasteiger partial charge is 0.252 e. The Bertz CT molecular complexity index is 858. The number of benzene rings is 1. The van der Waals surface area contributed by atoms with E-state index in [2.05, 4.69) is 10.6 Å². The van der Waals surface area contributed by atoms with Crippen LogP contribution in [0.1, 0.15) is 31.0 Å². The Morgan fingerprint density at radius 3 is 2.67 bits per heavy atom. The molecule has 1 aromatic heterocycles. The zero-order valence-corrected chi connectivity index (χ0v) is 15.8. The van der Waals surface area contributed by atoms with Crippen molar-refractivity contribution in [3.63, 3.8) is 0 Å². The van der Waals surface area contributed by atoms with Crippen LogP contribution in [0.3, 0.4) is 0 Å². The maximum atomic E-state index is 13.2. The van der Waals surface area contributed by atoms with Crippen molar-refractivity contribution in [2.45, 2.75) is 37.5 Å². The van der Waals surface area contributed by atoms with Crippen molar-refractivity contribution < 1.29 is 19.4 Å². The Hall–Kier alpha value is -2.80. The first-order chi connectivity index (χ1) is 12.8. The van der Waals surface area contributed by atoms with E-state index in [0.717, 1.165) is 5.56 Å². The van der Waals surface area contributed by atoms with Gasteiger partial charge in [-0.3, -0.25) is 9.59 Å². The lowest BCUT2D eigenvalue weighted by Gasteiger charge is -2.42. The maximum absolute atomic E-state index is 13.2. The molecule has 1 saturated heterocycles. The van der Waals surface area contributed by atoms with Crippen LogP contribution in [0.2, 0.25) is 0 Å². The number of piperidine rings is 1. The van der Waals surface area contributed by atoms with E-state index in [-0.39, 0.29) is 18.9 Å². The van der Waals surface area contributed by atoms with Crippen molar-refractivity contribution in [2.75, 3.05) is 7.11 Å². The van der Waals surface area contributed by atoms with E-state index in [1.165, 1.54) is 6.92 Å². The van der Waals surface area contributed by atoms with Gasteiger partial charge >= 0.3 is 0 Å². The monoisotopic (exact) mass is 371 g/mol. The number of para-hydroxylation sites is 1. The van der Waals surface area contributed by atoms with Gasteiger partial charge in [0.1, 0.15) is 11.4 Å². The molecule has 3 N–H and O–H groups in total. The molecule has 7 nitrogen and oxygen atoms in total. The Morgan fingerprint density at radius 2 is 2.04 bits per heavy atom. The molecule has 2 aromatic rings. The zero-order chi connectivity index (χ0) is 19.7. The van der Waals surface area contributed by atoms with Crippen molar-refractivity contribution in [1.82, 2.24) is 15.2 Å². The lowest BCUT2D eigenvalue weighted by atomic mass is 9.79. The predicted molar refractivity (Wildman–Crippen MR) is 99.9 cm³/mol. The third-order valence-corrected chi connectivity index (χ3v) is 5.20. The highest BCUT2D eigenvalue weighted by Gasteiger charge is 2.51. The number of rotatable bonds is 5. The van der Waals surface area contributed by atoms with Gasteiger partial charge < -0.3 is 25.0 Å². The molecule has 1 fully saturated rings. The van der Waals surface area contributed by atoms with Crippen molar-refractivity contribution in [3.8, 4) is 5.75 Å². The fraction of sp³-hybridized carbons (Fsp3) is 0.400. The second kappa shape index (κ2) is 7.08. The summed E-state index contributed by atoms with van der Waals surface area (Å²) in [4.78, 5) is 25.7. The van der Waals surface area contributed by atoms with Gasteiger partial charge in [0.25, 0.3) is 11.8 Å². The third kappa shape index (κ3) is 3.42. The number of aromatic nitrogens is 1. The largest absolute Gasteiger partial charge is 0.496 e. The summed E-state index contributed by atoms with van der Waals surface area (Å²) >= 11 is 0. The minimum Gasteiger partial charge on any atom is -0.496 e. The number of carbonyl (C=O) groups is 2. The first kappa shape index (κ1) is 19.0. The summed E-state index contributed by atoms with van der Waals surface area (Å²) in [7, 11) is 3.40. The molecule has 0 aliphatic carbocycles. The number of nitrogens with one attached hydrogen (secondary N) is 2. The zero-order valence-electron chi connectivity index (χ0n) is 15.8. The Labute approximate surface area is 158 Å². The number of ether oxygens (including phenoxy) is 1. The number of carbonyl (C=O) groups excluding carboxylic acids is 2.